The summed E-state index contributed by atoms with van der Waals surface area (Å²) in [5.74, 6) is -0.160. The molecule has 0 radical (unpaired) electrons. The van der Waals surface area contributed by atoms with Crippen LogP contribution >= 0.6 is 0 Å². The second kappa shape index (κ2) is 6.83. The summed E-state index contributed by atoms with van der Waals surface area (Å²) in [6.45, 7) is 3.49. The van der Waals surface area contributed by atoms with Gasteiger partial charge in [0, 0.05) is 29.6 Å². The van der Waals surface area contributed by atoms with E-state index < -0.39 is 0 Å². The fourth-order valence-corrected chi connectivity index (χ4v) is 3.09. The second-order valence-electron chi connectivity index (χ2n) is 7.08. The number of amides is 2. The van der Waals surface area contributed by atoms with Crippen molar-refractivity contribution in [3.8, 4) is 11.3 Å². The Balaban J connectivity index is 1.77. The van der Waals surface area contributed by atoms with Crippen molar-refractivity contribution in [2.75, 3.05) is 5.32 Å². The topological polar surface area (TPSA) is 71.1 Å². The lowest BCUT2D eigenvalue weighted by Crippen LogP contribution is -2.25. The summed E-state index contributed by atoms with van der Waals surface area (Å²) in [5, 5.41) is 6.70. The van der Waals surface area contributed by atoms with Gasteiger partial charge in [-0.25, -0.2) is 4.98 Å². The molecule has 0 unspecified atom stereocenters. The predicted octanol–water partition coefficient (Wildman–Crippen LogP) is 4.06. The minimum absolute atomic E-state index is 0.0494. The molecule has 0 saturated heterocycles. The number of carbonyl (C=O) groups is 2. The monoisotopic (exact) mass is 359 g/mol. The number of aromatic nitrogens is 1. The van der Waals surface area contributed by atoms with Crippen LogP contribution in [-0.2, 0) is 4.79 Å². The first-order chi connectivity index (χ1) is 13.0. The van der Waals surface area contributed by atoms with Gasteiger partial charge in [0.25, 0.3) is 5.91 Å². The molecule has 1 aliphatic carbocycles. The molecule has 136 valence electrons. The van der Waals surface area contributed by atoms with Gasteiger partial charge in [0.1, 0.15) is 0 Å². The lowest BCUT2D eigenvalue weighted by molar-refractivity contribution is -0.114. The Hall–Kier alpha value is -3.21. The van der Waals surface area contributed by atoms with Gasteiger partial charge in [-0.2, -0.15) is 0 Å². The van der Waals surface area contributed by atoms with Crippen molar-refractivity contribution < 1.29 is 9.59 Å². The maximum atomic E-state index is 12.8. The SMILES string of the molecule is CC(=O)Nc1ccc(-c2cc(C(=O)NC3CC3)c3cc(C)ccc3n2)cc1. The molecule has 0 aliphatic heterocycles. The number of nitrogens with one attached hydrogen (secondary N) is 2. The highest BCUT2D eigenvalue weighted by molar-refractivity contribution is 6.07. The van der Waals surface area contributed by atoms with Crippen molar-refractivity contribution in [2.24, 2.45) is 0 Å². The van der Waals surface area contributed by atoms with Gasteiger partial charge in [-0.3, -0.25) is 9.59 Å². The highest BCUT2D eigenvalue weighted by atomic mass is 16.2. The fourth-order valence-electron chi connectivity index (χ4n) is 3.09. The number of fused-ring (bicyclic) bond motifs is 1. The van der Waals surface area contributed by atoms with E-state index in [-0.39, 0.29) is 11.8 Å². The summed E-state index contributed by atoms with van der Waals surface area (Å²) in [5.41, 5.74) is 4.90. The van der Waals surface area contributed by atoms with E-state index in [0.29, 0.717) is 11.6 Å². The molecule has 1 fully saturated rings. The minimum atomic E-state index is -0.110. The van der Waals surface area contributed by atoms with Gasteiger partial charge in [0.05, 0.1) is 16.8 Å². The predicted molar refractivity (Wildman–Crippen MR) is 107 cm³/mol. The Labute approximate surface area is 157 Å². The van der Waals surface area contributed by atoms with Crippen LogP contribution in [0.5, 0.6) is 0 Å². The summed E-state index contributed by atoms with van der Waals surface area (Å²) in [6, 6.07) is 15.6. The number of rotatable bonds is 4. The van der Waals surface area contributed by atoms with Crippen LogP contribution in [0.25, 0.3) is 22.2 Å². The van der Waals surface area contributed by atoms with Gasteiger partial charge in [-0.15, -0.1) is 0 Å². The summed E-state index contributed by atoms with van der Waals surface area (Å²) < 4.78 is 0. The van der Waals surface area contributed by atoms with Crippen LogP contribution in [0.4, 0.5) is 5.69 Å². The maximum Gasteiger partial charge on any atom is 0.252 e. The zero-order chi connectivity index (χ0) is 19.0. The van der Waals surface area contributed by atoms with Crippen molar-refractivity contribution in [2.45, 2.75) is 32.7 Å². The third-order valence-electron chi connectivity index (χ3n) is 4.62. The molecule has 0 spiro atoms. The van der Waals surface area contributed by atoms with Crippen molar-refractivity contribution in [3.05, 3.63) is 59.7 Å². The zero-order valence-corrected chi connectivity index (χ0v) is 15.4. The molecule has 0 atom stereocenters. The molecule has 1 heterocycles. The average molecular weight is 359 g/mol. The summed E-state index contributed by atoms with van der Waals surface area (Å²) in [6.07, 6.45) is 2.09. The first kappa shape index (κ1) is 17.2. The van der Waals surface area contributed by atoms with E-state index in [9.17, 15) is 9.59 Å². The van der Waals surface area contributed by atoms with Crippen molar-refractivity contribution in [3.63, 3.8) is 0 Å². The molecular weight excluding hydrogens is 338 g/mol. The fraction of sp³-hybridized carbons (Fsp3) is 0.227. The third kappa shape index (κ3) is 3.82. The largest absolute Gasteiger partial charge is 0.349 e. The molecule has 0 bridgehead atoms. The minimum Gasteiger partial charge on any atom is -0.349 e. The first-order valence-electron chi connectivity index (χ1n) is 9.10. The second-order valence-corrected chi connectivity index (χ2v) is 7.08. The number of aryl methyl sites for hydroxylation is 1. The normalized spacial score (nSPS) is 13.4. The Morgan fingerprint density at radius 3 is 2.44 bits per heavy atom. The zero-order valence-electron chi connectivity index (χ0n) is 15.4. The van der Waals surface area contributed by atoms with Crippen molar-refractivity contribution in [1.29, 1.82) is 0 Å². The van der Waals surface area contributed by atoms with Crippen LogP contribution in [0.15, 0.2) is 48.5 Å². The van der Waals surface area contributed by atoms with Crippen LogP contribution in [0.3, 0.4) is 0 Å². The molecule has 1 aromatic heterocycles. The Morgan fingerprint density at radius 1 is 1.04 bits per heavy atom. The standard InChI is InChI=1S/C22H21N3O2/c1-13-3-10-20-18(11-13)19(22(27)24-17-8-9-17)12-21(25-20)15-4-6-16(7-5-15)23-14(2)26/h3-7,10-12,17H,8-9H2,1-2H3,(H,23,26)(H,24,27). The van der Waals surface area contributed by atoms with Crippen LogP contribution in [0.2, 0.25) is 0 Å². The number of anilines is 1. The van der Waals surface area contributed by atoms with Gasteiger partial charge in [-0.05, 0) is 50.1 Å². The summed E-state index contributed by atoms with van der Waals surface area (Å²) in [4.78, 5) is 28.7. The van der Waals surface area contributed by atoms with Crippen LogP contribution < -0.4 is 10.6 Å². The van der Waals surface area contributed by atoms with E-state index in [1.165, 1.54) is 6.92 Å². The number of benzene rings is 2. The molecule has 3 aromatic rings. The molecule has 2 N–H and O–H groups in total. The summed E-state index contributed by atoms with van der Waals surface area (Å²) in [7, 11) is 0. The molecule has 2 amide bonds. The van der Waals surface area contributed by atoms with Gasteiger partial charge in [0.2, 0.25) is 5.91 Å². The van der Waals surface area contributed by atoms with Crippen LogP contribution in [0.1, 0.15) is 35.7 Å². The molecular formula is C22H21N3O2. The molecule has 2 aromatic carbocycles. The maximum absolute atomic E-state index is 12.8. The molecule has 27 heavy (non-hydrogen) atoms. The third-order valence-corrected chi connectivity index (χ3v) is 4.62. The van der Waals surface area contributed by atoms with E-state index in [2.05, 4.69) is 10.6 Å². The van der Waals surface area contributed by atoms with Crippen molar-refractivity contribution in [1.82, 2.24) is 10.3 Å². The Kier molecular flexibility index (Phi) is 4.36. The van der Waals surface area contributed by atoms with Gasteiger partial charge in [-0.1, -0.05) is 23.8 Å². The molecule has 5 heteroatoms. The molecule has 1 aliphatic rings. The average Bonchev–Trinajstić information content (AvgIpc) is 3.45. The van der Waals surface area contributed by atoms with Crippen LogP contribution in [0, 0.1) is 6.92 Å². The Morgan fingerprint density at radius 2 is 1.78 bits per heavy atom. The number of hydrogen-bond acceptors (Lipinski definition) is 3. The van der Waals surface area contributed by atoms with E-state index >= 15 is 0 Å². The van der Waals surface area contributed by atoms with Gasteiger partial charge in [0.15, 0.2) is 0 Å². The van der Waals surface area contributed by atoms with E-state index in [0.717, 1.165) is 46.3 Å². The Bertz CT molecular complexity index is 1040. The van der Waals surface area contributed by atoms with Crippen molar-refractivity contribution >= 4 is 28.4 Å². The quantitative estimate of drug-likeness (QED) is 0.738. The highest BCUT2D eigenvalue weighted by Crippen LogP contribution is 2.28. The summed E-state index contributed by atoms with van der Waals surface area (Å²) >= 11 is 0. The van der Waals surface area contributed by atoms with Crippen LogP contribution in [-0.4, -0.2) is 22.8 Å². The molecule has 4 rings (SSSR count). The number of hydrogen-bond donors (Lipinski definition) is 2. The first-order valence-corrected chi connectivity index (χ1v) is 9.10. The van der Waals surface area contributed by atoms with Gasteiger partial charge < -0.3 is 10.6 Å². The highest BCUT2D eigenvalue weighted by Gasteiger charge is 2.25. The van der Waals surface area contributed by atoms with E-state index in [1.54, 1.807) is 0 Å². The van der Waals surface area contributed by atoms with Gasteiger partial charge >= 0.3 is 0 Å². The number of nitrogens with zero attached hydrogens (tertiary/aromatic N) is 1. The number of carbonyl (C=O) groups excluding carboxylic acids is 2. The van der Waals surface area contributed by atoms with E-state index in [4.69, 9.17) is 4.98 Å². The molecule has 5 nitrogen and oxygen atoms in total. The lowest BCUT2D eigenvalue weighted by Gasteiger charge is -2.11. The molecule has 1 saturated carbocycles. The lowest BCUT2D eigenvalue weighted by atomic mass is 10.0. The number of pyridine rings is 1. The van der Waals surface area contributed by atoms with E-state index in [1.807, 2.05) is 55.5 Å². The smallest absolute Gasteiger partial charge is 0.252 e.